The molecule has 1 unspecified atom stereocenters. The Morgan fingerprint density at radius 2 is 2.05 bits per heavy atom. The van der Waals surface area contributed by atoms with E-state index in [-0.39, 0.29) is 0 Å². The summed E-state index contributed by atoms with van der Waals surface area (Å²) in [6.07, 6.45) is 3.63. The molecule has 0 amide bonds. The van der Waals surface area contributed by atoms with E-state index in [2.05, 4.69) is 65.4 Å². The summed E-state index contributed by atoms with van der Waals surface area (Å²) in [5.74, 6) is 1.82. The number of anilines is 1. The summed E-state index contributed by atoms with van der Waals surface area (Å²) in [4.78, 5) is 8.96. The van der Waals surface area contributed by atoms with Crippen LogP contribution in [0.1, 0.15) is 25.3 Å². The Labute approximate surface area is 135 Å². The first-order valence-corrected chi connectivity index (χ1v) is 8.32. The van der Waals surface area contributed by atoms with Crippen LogP contribution in [0.25, 0.3) is 0 Å². The van der Waals surface area contributed by atoms with E-state index in [1.54, 1.807) is 0 Å². The van der Waals surface area contributed by atoms with Crippen molar-refractivity contribution in [3.8, 4) is 0 Å². The number of rotatable bonds is 4. The summed E-state index contributed by atoms with van der Waals surface area (Å²) < 4.78 is 0. The number of aliphatic imine (C=N–C) groups is 1. The van der Waals surface area contributed by atoms with Crippen LogP contribution >= 0.6 is 0 Å². The van der Waals surface area contributed by atoms with Crippen LogP contribution in [0.15, 0.2) is 29.3 Å². The minimum absolute atomic E-state index is 0.769. The summed E-state index contributed by atoms with van der Waals surface area (Å²) in [5.41, 5.74) is 2.61. The van der Waals surface area contributed by atoms with Crippen LogP contribution in [0.2, 0.25) is 0 Å². The molecule has 1 aliphatic heterocycles. The van der Waals surface area contributed by atoms with E-state index in [4.69, 9.17) is 0 Å². The van der Waals surface area contributed by atoms with Gasteiger partial charge in [0.1, 0.15) is 0 Å². The summed E-state index contributed by atoms with van der Waals surface area (Å²) in [6, 6.07) is 8.78. The van der Waals surface area contributed by atoms with E-state index in [1.807, 2.05) is 7.05 Å². The Morgan fingerprint density at radius 1 is 1.32 bits per heavy atom. The molecular formula is C18H30N4. The van der Waals surface area contributed by atoms with E-state index >= 15 is 0 Å². The fourth-order valence-electron chi connectivity index (χ4n) is 2.99. The number of benzene rings is 1. The van der Waals surface area contributed by atoms with Crippen LogP contribution in [0.4, 0.5) is 5.69 Å². The molecule has 0 radical (unpaired) electrons. The second-order valence-corrected chi connectivity index (χ2v) is 6.48. The number of guanidine groups is 1. The van der Waals surface area contributed by atoms with Gasteiger partial charge in [-0.3, -0.25) is 4.99 Å². The number of nitrogens with one attached hydrogen (secondary N) is 1. The van der Waals surface area contributed by atoms with Crippen molar-refractivity contribution in [3.05, 3.63) is 29.8 Å². The van der Waals surface area contributed by atoms with E-state index in [1.165, 1.54) is 24.1 Å². The highest BCUT2D eigenvalue weighted by atomic mass is 15.3. The van der Waals surface area contributed by atoms with Gasteiger partial charge in [0.05, 0.1) is 0 Å². The largest absolute Gasteiger partial charge is 0.378 e. The average molecular weight is 302 g/mol. The second-order valence-electron chi connectivity index (χ2n) is 6.48. The predicted molar refractivity (Wildman–Crippen MR) is 95.8 cm³/mol. The first-order valence-electron chi connectivity index (χ1n) is 8.32. The molecule has 1 saturated heterocycles. The highest BCUT2D eigenvalue weighted by Gasteiger charge is 2.18. The Morgan fingerprint density at radius 3 is 2.64 bits per heavy atom. The van der Waals surface area contributed by atoms with Gasteiger partial charge in [0.2, 0.25) is 0 Å². The highest BCUT2D eigenvalue weighted by Crippen LogP contribution is 2.15. The Balaban J connectivity index is 1.81. The van der Waals surface area contributed by atoms with Crippen molar-refractivity contribution in [1.29, 1.82) is 0 Å². The van der Waals surface area contributed by atoms with Crippen molar-refractivity contribution in [2.75, 3.05) is 45.7 Å². The fourth-order valence-corrected chi connectivity index (χ4v) is 2.99. The molecule has 22 heavy (non-hydrogen) atoms. The van der Waals surface area contributed by atoms with Gasteiger partial charge in [-0.15, -0.1) is 0 Å². The predicted octanol–water partition coefficient (Wildman–Crippen LogP) is 2.60. The van der Waals surface area contributed by atoms with Crippen molar-refractivity contribution in [2.24, 2.45) is 10.9 Å². The molecule has 1 aromatic carbocycles. The SMILES string of the molecule is CN=C(NCCc1ccc(N(C)C)cc1)N1CCCC(C)C1. The Kier molecular flexibility index (Phi) is 6.10. The summed E-state index contributed by atoms with van der Waals surface area (Å²) >= 11 is 0. The fraction of sp³-hybridized carbons (Fsp3) is 0.611. The molecule has 0 saturated carbocycles. The number of likely N-dealkylation sites (tertiary alicyclic amines) is 1. The molecule has 0 bridgehead atoms. The lowest BCUT2D eigenvalue weighted by Crippen LogP contribution is -2.46. The van der Waals surface area contributed by atoms with Crippen molar-refractivity contribution in [2.45, 2.75) is 26.2 Å². The lowest BCUT2D eigenvalue weighted by Gasteiger charge is -2.33. The maximum absolute atomic E-state index is 4.44. The molecule has 0 spiro atoms. The standard InChI is InChI=1S/C18H30N4/c1-15-6-5-13-22(14-15)18(19-2)20-12-11-16-7-9-17(10-8-16)21(3)4/h7-10,15H,5-6,11-14H2,1-4H3,(H,19,20). The van der Waals surface area contributed by atoms with Gasteiger partial charge in [0.25, 0.3) is 0 Å². The number of nitrogens with zero attached hydrogens (tertiary/aromatic N) is 3. The molecule has 1 N–H and O–H groups in total. The molecule has 4 nitrogen and oxygen atoms in total. The van der Waals surface area contributed by atoms with Gasteiger partial charge in [0.15, 0.2) is 5.96 Å². The number of hydrogen-bond donors (Lipinski definition) is 1. The lowest BCUT2D eigenvalue weighted by atomic mass is 10.0. The van der Waals surface area contributed by atoms with Gasteiger partial charge >= 0.3 is 0 Å². The summed E-state index contributed by atoms with van der Waals surface area (Å²) in [7, 11) is 6.02. The van der Waals surface area contributed by atoms with Crippen molar-refractivity contribution >= 4 is 11.6 Å². The minimum atomic E-state index is 0.769. The van der Waals surface area contributed by atoms with Crippen molar-refractivity contribution < 1.29 is 0 Å². The van der Waals surface area contributed by atoms with Crippen molar-refractivity contribution in [1.82, 2.24) is 10.2 Å². The summed E-state index contributed by atoms with van der Waals surface area (Å²) in [5, 5.41) is 3.51. The summed E-state index contributed by atoms with van der Waals surface area (Å²) in [6.45, 7) is 5.50. The van der Waals surface area contributed by atoms with Gasteiger partial charge in [0, 0.05) is 46.5 Å². The van der Waals surface area contributed by atoms with E-state index in [0.717, 1.165) is 37.9 Å². The van der Waals surface area contributed by atoms with Crippen LogP contribution in [0, 0.1) is 5.92 Å². The van der Waals surface area contributed by atoms with Crippen LogP contribution in [-0.2, 0) is 6.42 Å². The first kappa shape index (κ1) is 16.7. The highest BCUT2D eigenvalue weighted by molar-refractivity contribution is 5.80. The van der Waals surface area contributed by atoms with Crippen LogP contribution in [0.3, 0.4) is 0 Å². The van der Waals surface area contributed by atoms with Gasteiger partial charge in [-0.05, 0) is 42.9 Å². The monoisotopic (exact) mass is 302 g/mol. The third kappa shape index (κ3) is 4.65. The van der Waals surface area contributed by atoms with Gasteiger partial charge in [-0.2, -0.15) is 0 Å². The number of piperidine rings is 1. The number of hydrogen-bond acceptors (Lipinski definition) is 2. The lowest BCUT2D eigenvalue weighted by molar-refractivity contribution is 0.266. The van der Waals surface area contributed by atoms with Crippen molar-refractivity contribution in [3.63, 3.8) is 0 Å². The quantitative estimate of drug-likeness (QED) is 0.685. The zero-order valence-electron chi connectivity index (χ0n) is 14.5. The van der Waals surface area contributed by atoms with Gasteiger partial charge in [-0.1, -0.05) is 19.1 Å². The smallest absolute Gasteiger partial charge is 0.193 e. The third-order valence-corrected chi connectivity index (χ3v) is 4.32. The molecule has 1 fully saturated rings. The molecule has 1 aromatic rings. The van der Waals surface area contributed by atoms with Gasteiger partial charge in [-0.25, -0.2) is 0 Å². The zero-order chi connectivity index (χ0) is 15.9. The molecule has 4 heteroatoms. The van der Waals surface area contributed by atoms with Crippen LogP contribution < -0.4 is 10.2 Å². The van der Waals surface area contributed by atoms with Crippen LogP contribution in [0.5, 0.6) is 0 Å². The Bertz CT molecular complexity index is 478. The third-order valence-electron chi connectivity index (χ3n) is 4.32. The second kappa shape index (κ2) is 8.06. The molecule has 1 aliphatic rings. The van der Waals surface area contributed by atoms with E-state index in [9.17, 15) is 0 Å². The average Bonchev–Trinajstić information content (AvgIpc) is 2.52. The first-order chi connectivity index (χ1) is 10.6. The zero-order valence-corrected chi connectivity index (χ0v) is 14.5. The van der Waals surface area contributed by atoms with E-state index < -0.39 is 0 Å². The molecule has 2 rings (SSSR count). The molecule has 1 heterocycles. The molecule has 0 aromatic heterocycles. The Hall–Kier alpha value is -1.71. The van der Waals surface area contributed by atoms with Gasteiger partial charge < -0.3 is 15.1 Å². The molecule has 122 valence electrons. The minimum Gasteiger partial charge on any atom is -0.378 e. The van der Waals surface area contributed by atoms with Crippen LogP contribution in [-0.4, -0.2) is 51.6 Å². The van der Waals surface area contributed by atoms with E-state index in [0.29, 0.717) is 0 Å². The molecule has 0 aliphatic carbocycles. The molecule has 1 atom stereocenters. The maximum atomic E-state index is 4.44. The normalized spacial score (nSPS) is 19.2. The topological polar surface area (TPSA) is 30.9 Å². The molecular weight excluding hydrogens is 272 g/mol. The maximum Gasteiger partial charge on any atom is 0.193 e.